The minimum atomic E-state index is -0.812. The third-order valence-corrected chi connectivity index (χ3v) is 3.93. The molecule has 3 heteroatoms. The van der Waals surface area contributed by atoms with E-state index >= 15 is 0 Å². The second-order valence-corrected chi connectivity index (χ2v) is 5.55. The highest BCUT2D eigenvalue weighted by Gasteiger charge is 2.36. The van der Waals surface area contributed by atoms with Crippen molar-refractivity contribution >= 4 is 5.91 Å². The van der Waals surface area contributed by atoms with Gasteiger partial charge in [0.05, 0.1) is 6.07 Å². The Bertz CT molecular complexity index is 348. The first-order valence-electron chi connectivity index (χ1n) is 7.53. The molecule has 1 amide bonds. The van der Waals surface area contributed by atoms with E-state index in [0.29, 0.717) is 25.3 Å². The average Bonchev–Trinajstić information content (AvgIpc) is 2.45. The van der Waals surface area contributed by atoms with Crippen LogP contribution in [0.4, 0.5) is 0 Å². The van der Waals surface area contributed by atoms with E-state index in [1.54, 1.807) is 0 Å². The lowest BCUT2D eigenvalue weighted by molar-refractivity contribution is -0.129. The Morgan fingerprint density at radius 3 is 2.53 bits per heavy atom. The van der Waals surface area contributed by atoms with Crippen LogP contribution in [0.15, 0.2) is 12.2 Å². The standard InChI is InChI=1S/C16H26N2O/c1-3-10-16(13-17,11-4-2)15(19)18-12-14-8-6-5-7-9-14/h5-6,14H,3-4,7-12H2,1-2H3,(H,18,19). The van der Waals surface area contributed by atoms with E-state index in [1.807, 2.05) is 13.8 Å². The third-order valence-electron chi connectivity index (χ3n) is 3.93. The van der Waals surface area contributed by atoms with Gasteiger partial charge < -0.3 is 5.32 Å². The van der Waals surface area contributed by atoms with E-state index in [0.717, 1.165) is 32.1 Å². The van der Waals surface area contributed by atoms with Gasteiger partial charge >= 0.3 is 0 Å². The fourth-order valence-electron chi connectivity index (χ4n) is 2.82. The summed E-state index contributed by atoms with van der Waals surface area (Å²) in [6.45, 7) is 4.77. The van der Waals surface area contributed by atoms with Crippen molar-refractivity contribution in [2.24, 2.45) is 11.3 Å². The molecule has 0 aliphatic heterocycles. The summed E-state index contributed by atoms with van der Waals surface area (Å²) < 4.78 is 0. The molecule has 1 aliphatic carbocycles. The molecule has 0 saturated carbocycles. The van der Waals surface area contributed by atoms with Gasteiger partial charge in [0.1, 0.15) is 5.41 Å². The molecule has 0 aromatic heterocycles. The van der Waals surface area contributed by atoms with Crippen LogP contribution in [0.3, 0.4) is 0 Å². The maximum absolute atomic E-state index is 12.4. The van der Waals surface area contributed by atoms with Crippen molar-refractivity contribution in [3.8, 4) is 6.07 Å². The van der Waals surface area contributed by atoms with Crippen LogP contribution in [0.5, 0.6) is 0 Å². The van der Waals surface area contributed by atoms with E-state index in [1.165, 1.54) is 0 Å². The van der Waals surface area contributed by atoms with Gasteiger partial charge in [0.15, 0.2) is 0 Å². The van der Waals surface area contributed by atoms with Crippen molar-refractivity contribution in [2.45, 2.75) is 58.8 Å². The lowest BCUT2D eigenvalue weighted by atomic mass is 9.79. The summed E-state index contributed by atoms with van der Waals surface area (Å²) in [6.07, 6.45) is 10.7. The van der Waals surface area contributed by atoms with E-state index in [9.17, 15) is 10.1 Å². The molecule has 1 unspecified atom stereocenters. The molecule has 1 rings (SSSR count). The zero-order valence-corrected chi connectivity index (χ0v) is 12.2. The zero-order valence-electron chi connectivity index (χ0n) is 12.2. The van der Waals surface area contributed by atoms with Crippen LogP contribution in [0.1, 0.15) is 58.8 Å². The van der Waals surface area contributed by atoms with Crippen molar-refractivity contribution in [1.82, 2.24) is 5.32 Å². The molecular weight excluding hydrogens is 236 g/mol. The van der Waals surface area contributed by atoms with Gasteiger partial charge in [-0.25, -0.2) is 0 Å². The number of amides is 1. The van der Waals surface area contributed by atoms with Crippen molar-refractivity contribution in [2.75, 3.05) is 6.54 Å². The first-order valence-corrected chi connectivity index (χ1v) is 7.53. The van der Waals surface area contributed by atoms with E-state index in [2.05, 4.69) is 23.5 Å². The van der Waals surface area contributed by atoms with Crippen molar-refractivity contribution in [3.63, 3.8) is 0 Å². The van der Waals surface area contributed by atoms with Gasteiger partial charge in [0.2, 0.25) is 5.91 Å². The predicted molar refractivity (Wildman–Crippen MR) is 77.4 cm³/mol. The molecule has 0 radical (unpaired) electrons. The fraction of sp³-hybridized carbons (Fsp3) is 0.750. The Hall–Kier alpha value is -1.30. The molecule has 0 heterocycles. The maximum atomic E-state index is 12.4. The van der Waals surface area contributed by atoms with Crippen molar-refractivity contribution in [1.29, 1.82) is 5.26 Å². The first-order chi connectivity index (χ1) is 9.18. The van der Waals surface area contributed by atoms with Crippen LogP contribution in [0.2, 0.25) is 0 Å². The van der Waals surface area contributed by atoms with Gasteiger partial charge in [-0.2, -0.15) is 5.26 Å². The van der Waals surface area contributed by atoms with Crippen LogP contribution < -0.4 is 5.32 Å². The summed E-state index contributed by atoms with van der Waals surface area (Å²) in [7, 11) is 0. The zero-order chi connectivity index (χ0) is 14.1. The number of hydrogen-bond donors (Lipinski definition) is 1. The van der Waals surface area contributed by atoms with Gasteiger partial charge in [-0.05, 0) is 38.0 Å². The Morgan fingerprint density at radius 1 is 1.37 bits per heavy atom. The van der Waals surface area contributed by atoms with Gasteiger partial charge in [-0.15, -0.1) is 0 Å². The quantitative estimate of drug-likeness (QED) is 0.713. The largest absolute Gasteiger partial charge is 0.354 e. The normalized spacial score (nSPS) is 18.9. The number of rotatable bonds is 7. The molecule has 106 valence electrons. The Labute approximate surface area is 117 Å². The molecule has 1 aliphatic rings. The highest BCUT2D eigenvalue weighted by atomic mass is 16.2. The summed E-state index contributed by atoms with van der Waals surface area (Å²) in [6, 6.07) is 2.28. The molecule has 0 fully saturated rings. The maximum Gasteiger partial charge on any atom is 0.240 e. The van der Waals surface area contributed by atoms with Gasteiger partial charge in [0, 0.05) is 6.54 Å². The minimum absolute atomic E-state index is 0.0618. The molecule has 0 bridgehead atoms. The Balaban J connectivity index is 2.56. The van der Waals surface area contributed by atoms with Crippen LogP contribution in [-0.2, 0) is 4.79 Å². The van der Waals surface area contributed by atoms with Crippen LogP contribution >= 0.6 is 0 Å². The highest BCUT2D eigenvalue weighted by molar-refractivity contribution is 5.85. The average molecular weight is 262 g/mol. The van der Waals surface area contributed by atoms with Crippen molar-refractivity contribution in [3.05, 3.63) is 12.2 Å². The number of allylic oxidation sites excluding steroid dienone is 2. The summed E-state index contributed by atoms with van der Waals surface area (Å²) in [4.78, 5) is 12.4. The molecular formula is C16H26N2O. The topological polar surface area (TPSA) is 52.9 Å². The van der Waals surface area contributed by atoms with Crippen molar-refractivity contribution < 1.29 is 4.79 Å². The lowest BCUT2D eigenvalue weighted by Crippen LogP contribution is -2.42. The van der Waals surface area contributed by atoms with E-state index in [4.69, 9.17) is 0 Å². The summed E-state index contributed by atoms with van der Waals surface area (Å²) in [5.41, 5.74) is -0.812. The highest BCUT2D eigenvalue weighted by Crippen LogP contribution is 2.29. The summed E-state index contributed by atoms with van der Waals surface area (Å²) in [5, 5.41) is 12.4. The number of nitrogens with one attached hydrogen (secondary N) is 1. The summed E-state index contributed by atoms with van der Waals surface area (Å²) in [5.74, 6) is 0.474. The molecule has 0 aromatic carbocycles. The molecule has 1 N–H and O–H groups in total. The van der Waals surface area contributed by atoms with E-state index in [-0.39, 0.29) is 5.91 Å². The number of nitrogens with zero attached hydrogens (tertiary/aromatic N) is 1. The minimum Gasteiger partial charge on any atom is -0.354 e. The second kappa shape index (κ2) is 7.99. The van der Waals surface area contributed by atoms with Crippen LogP contribution in [0.25, 0.3) is 0 Å². The van der Waals surface area contributed by atoms with Gasteiger partial charge in [-0.1, -0.05) is 38.8 Å². The van der Waals surface area contributed by atoms with Gasteiger partial charge in [0.25, 0.3) is 0 Å². The van der Waals surface area contributed by atoms with E-state index < -0.39 is 5.41 Å². The second-order valence-electron chi connectivity index (χ2n) is 5.55. The summed E-state index contributed by atoms with van der Waals surface area (Å²) >= 11 is 0. The Kier molecular flexibility index (Phi) is 6.62. The predicted octanol–water partition coefficient (Wildman–Crippen LogP) is 3.57. The third kappa shape index (κ3) is 4.38. The molecule has 19 heavy (non-hydrogen) atoms. The first kappa shape index (κ1) is 15.8. The van der Waals surface area contributed by atoms with Crippen LogP contribution in [-0.4, -0.2) is 12.5 Å². The molecule has 0 saturated heterocycles. The molecule has 1 atom stereocenters. The monoisotopic (exact) mass is 262 g/mol. The fourth-order valence-corrected chi connectivity index (χ4v) is 2.82. The van der Waals surface area contributed by atoms with Crippen LogP contribution in [0, 0.1) is 22.7 Å². The number of carbonyl (C=O) groups excluding carboxylic acids is 1. The number of hydrogen-bond acceptors (Lipinski definition) is 2. The number of carbonyl (C=O) groups is 1. The molecule has 0 aromatic rings. The van der Waals surface area contributed by atoms with Gasteiger partial charge in [-0.3, -0.25) is 4.79 Å². The SMILES string of the molecule is CCCC(C#N)(CCC)C(=O)NCC1CC=CCC1. The smallest absolute Gasteiger partial charge is 0.240 e. The molecule has 3 nitrogen and oxygen atoms in total. The molecule has 0 spiro atoms. The number of nitriles is 1. The lowest BCUT2D eigenvalue weighted by Gasteiger charge is -2.26. The Morgan fingerprint density at radius 2 is 2.05 bits per heavy atom.